The van der Waals surface area contributed by atoms with Crippen LogP contribution in [0, 0.1) is 5.92 Å². The third-order valence-electron chi connectivity index (χ3n) is 3.07. The van der Waals surface area contributed by atoms with Crippen molar-refractivity contribution in [3.8, 4) is 0 Å². The van der Waals surface area contributed by atoms with E-state index < -0.39 is 0 Å². The fourth-order valence-electron chi connectivity index (χ4n) is 1.84. The van der Waals surface area contributed by atoms with Gasteiger partial charge < -0.3 is 9.15 Å². The van der Waals surface area contributed by atoms with Crippen molar-refractivity contribution < 1.29 is 13.9 Å². The van der Waals surface area contributed by atoms with E-state index in [4.69, 9.17) is 4.42 Å². The van der Waals surface area contributed by atoms with E-state index in [-0.39, 0.29) is 5.97 Å². The smallest absolute Gasteiger partial charge is 0.341 e. The van der Waals surface area contributed by atoms with Crippen LogP contribution in [0.2, 0.25) is 0 Å². The zero-order chi connectivity index (χ0) is 14.3. The Balaban J connectivity index is 2.44. The quantitative estimate of drug-likeness (QED) is 0.547. The number of esters is 1. The SMILES string of the molecule is C=CC(C)=CCC[C@@H](C)Cc1cc(C(=O)OC)co1. The maximum atomic E-state index is 11.3. The second kappa shape index (κ2) is 7.62. The minimum Gasteiger partial charge on any atom is -0.468 e. The normalized spacial score (nSPS) is 13.1. The molecular formula is C16H22O3. The minimum atomic E-state index is -0.354. The van der Waals surface area contributed by atoms with Crippen molar-refractivity contribution >= 4 is 5.97 Å². The molecule has 0 saturated carbocycles. The molecule has 0 aromatic carbocycles. The lowest BCUT2D eigenvalue weighted by Gasteiger charge is -2.07. The molecule has 1 aromatic heterocycles. The minimum absolute atomic E-state index is 0.354. The molecule has 0 amide bonds. The van der Waals surface area contributed by atoms with Gasteiger partial charge >= 0.3 is 5.97 Å². The largest absolute Gasteiger partial charge is 0.468 e. The van der Waals surface area contributed by atoms with Gasteiger partial charge in [0, 0.05) is 6.42 Å². The molecule has 0 bridgehead atoms. The summed E-state index contributed by atoms with van der Waals surface area (Å²) in [6.45, 7) is 7.95. The lowest BCUT2D eigenvalue weighted by atomic mass is 9.99. The van der Waals surface area contributed by atoms with E-state index in [0.29, 0.717) is 11.5 Å². The van der Waals surface area contributed by atoms with Crippen LogP contribution in [0.4, 0.5) is 0 Å². The number of furan rings is 1. The van der Waals surface area contributed by atoms with Crippen molar-refractivity contribution in [2.24, 2.45) is 5.92 Å². The van der Waals surface area contributed by atoms with E-state index in [9.17, 15) is 4.79 Å². The molecule has 1 rings (SSSR count). The Hall–Kier alpha value is -1.77. The van der Waals surface area contributed by atoms with E-state index in [2.05, 4.69) is 24.3 Å². The summed E-state index contributed by atoms with van der Waals surface area (Å²) >= 11 is 0. The monoisotopic (exact) mass is 262 g/mol. The predicted octanol–water partition coefficient (Wildman–Crippen LogP) is 4.16. The first-order chi connectivity index (χ1) is 9.06. The Labute approximate surface area is 115 Å². The number of methoxy groups -OCH3 is 1. The number of carbonyl (C=O) groups is 1. The van der Waals surface area contributed by atoms with Crippen molar-refractivity contribution in [2.45, 2.75) is 33.1 Å². The molecule has 104 valence electrons. The molecule has 0 aliphatic heterocycles. The lowest BCUT2D eigenvalue weighted by molar-refractivity contribution is 0.0600. The van der Waals surface area contributed by atoms with Gasteiger partial charge in [0.05, 0.1) is 12.7 Å². The van der Waals surface area contributed by atoms with E-state index in [0.717, 1.165) is 25.0 Å². The predicted molar refractivity (Wildman–Crippen MR) is 76.1 cm³/mol. The number of ether oxygens (including phenoxy) is 1. The first-order valence-corrected chi connectivity index (χ1v) is 6.51. The van der Waals surface area contributed by atoms with Gasteiger partial charge in [0.15, 0.2) is 0 Å². The van der Waals surface area contributed by atoms with Gasteiger partial charge in [-0.05, 0) is 31.7 Å². The first kappa shape index (κ1) is 15.3. The van der Waals surface area contributed by atoms with Crippen LogP contribution < -0.4 is 0 Å². The number of hydrogen-bond donors (Lipinski definition) is 0. The number of carbonyl (C=O) groups excluding carboxylic acids is 1. The van der Waals surface area contributed by atoms with Gasteiger partial charge in [0.2, 0.25) is 0 Å². The van der Waals surface area contributed by atoms with Crippen molar-refractivity contribution in [3.05, 3.63) is 48.0 Å². The molecule has 1 aromatic rings. The van der Waals surface area contributed by atoms with Crippen molar-refractivity contribution in [1.29, 1.82) is 0 Å². The molecule has 1 heterocycles. The molecule has 0 spiro atoms. The summed E-state index contributed by atoms with van der Waals surface area (Å²) in [6, 6.07) is 1.76. The zero-order valence-corrected chi connectivity index (χ0v) is 11.9. The molecule has 0 radical (unpaired) electrons. The van der Waals surface area contributed by atoms with Crippen LogP contribution in [-0.2, 0) is 11.2 Å². The molecule has 0 saturated heterocycles. The van der Waals surface area contributed by atoms with Crippen LogP contribution >= 0.6 is 0 Å². The Morgan fingerprint density at radius 2 is 2.32 bits per heavy atom. The Kier molecular flexibility index (Phi) is 6.13. The average Bonchev–Trinajstić information content (AvgIpc) is 2.85. The van der Waals surface area contributed by atoms with E-state index >= 15 is 0 Å². The molecule has 19 heavy (non-hydrogen) atoms. The average molecular weight is 262 g/mol. The summed E-state index contributed by atoms with van der Waals surface area (Å²) < 4.78 is 10.0. The molecule has 0 fully saturated rings. The highest BCUT2D eigenvalue weighted by Gasteiger charge is 2.12. The summed E-state index contributed by atoms with van der Waals surface area (Å²) in [5, 5.41) is 0. The lowest BCUT2D eigenvalue weighted by Crippen LogP contribution is -2.00. The molecular weight excluding hydrogens is 240 g/mol. The maximum Gasteiger partial charge on any atom is 0.341 e. The van der Waals surface area contributed by atoms with Gasteiger partial charge in [-0.3, -0.25) is 0 Å². The number of hydrogen-bond acceptors (Lipinski definition) is 3. The fraction of sp³-hybridized carbons (Fsp3) is 0.438. The van der Waals surface area contributed by atoms with Gasteiger partial charge in [-0.1, -0.05) is 31.2 Å². The van der Waals surface area contributed by atoms with Crippen LogP contribution in [0.3, 0.4) is 0 Å². The molecule has 0 aliphatic rings. The van der Waals surface area contributed by atoms with Gasteiger partial charge in [-0.25, -0.2) is 4.79 Å². The third-order valence-corrected chi connectivity index (χ3v) is 3.07. The zero-order valence-electron chi connectivity index (χ0n) is 11.9. The van der Waals surface area contributed by atoms with Crippen LogP contribution in [0.15, 0.2) is 41.1 Å². The van der Waals surface area contributed by atoms with Gasteiger partial charge in [0.25, 0.3) is 0 Å². The third kappa shape index (κ3) is 5.16. The van der Waals surface area contributed by atoms with Gasteiger partial charge in [-0.2, -0.15) is 0 Å². The van der Waals surface area contributed by atoms with Crippen LogP contribution in [0.1, 0.15) is 42.8 Å². The highest BCUT2D eigenvalue weighted by molar-refractivity contribution is 5.88. The number of allylic oxidation sites excluding steroid dienone is 3. The fourth-order valence-corrected chi connectivity index (χ4v) is 1.84. The molecule has 0 unspecified atom stereocenters. The maximum absolute atomic E-state index is 11.3. The van der Waals surface area contributed by atoms with E-state index in [1.165, 1.54) is 18.9 Å². The second-order valence-corrected chi connectivity index (χ2v) is 4.83. The highest BCUT2D eigenvalue weighted by atomic mass is 16.5. The molecule has 0 N–H and O–H groups in total. The summed E-state index contributed by atoms with van der Waals surface area (Å²) in [5.41, 5.74) is 1.69. The highest BCUT2D eigenvalue weighted by Crippen LogP contribution is 2.17. The van der Waals surface area contributed by atoms with Crippen molar-refractivity contribution in [2.75, 3.05) is 7.11 Å². The molecule has 1 atom stereocenters. The summed E-state index contributed by atoms with van der Waals surface area (Å²) in [7, 11) is 1.37. The Morgan fingerprint density at radius 1 is 1.58 bits per heavy atom. The van der Waals surface area contributed by atoms with Crippen LogP contribution in [-0.4, -0.2) is 13.1 Å². The second-order valence-electron chi connectivity index (χ2n) is 4.83. The van der Waals surface area contributed by atoms with Gasteiger partial charge in [-0.15, -0.1) is 0 Å². The van der Waals surface area contributed by atoms with Crippen LogP contribution in [0.25, 0.3) is 0 Å². The Bertz CT molecular complexity index is 454. The van der Waals surface area contributed by atoms with Gasteiger partial charge in [0.1, 0.15) is 12.0 Å². The standard InChI is InChI=1S/C16H22O3/c1-5-12(2)7-6-8-13(3)9-15-10-14(11-19-15)16(17)18-4/h5,7,10-11,13H,1,6,8-9H2,2-4H3/t13-/m1/s1. The molecule has 3 heteroatoms. The number of rotatable bonds is 7. The topological polar surface area (TPSA) is 39.4 Å². The summed E-state index contributed by atoms with van der Waals surface area (Å²) in [5.74, 6) is 0.982. The first-order valence-electron chi connectivity index (χ1n) is 6.51. The summed E-state index contributed by atoms with van der Waals surface area (Å²) in [6.07, 6.45) is 8.45. The van der Waals surface area contributed by atoms with E-state index in [1.54, 1.807) is 6.07 Å². The molecule has 0 aliphatic carbocycles. The summed E-state index contributed by atoms with van der Waals surface area (Å²) in [4.78, 5) is 11.3. The van der Waals surface area contributed by atoms with Crippen molar-refractivity contribution in [3.63, 3.8) is 0 Å². The van der Waals surface area contributed by atoms with Crippen molar-refractivity contribution in [1.82, 2.24) is 0 Å². The molecule has 3 nitrogen and oxygen atoms in total. The Morgan fingerprint density at radius 3 is 2.95 bits per heavy atom. The van der Waals surface area contributed by atoms with Crippen LogP contribution in [0.5, 0.6) is 0 Å². The van der Waals surface area contributed by atoms with E-state index in [1.807, 2.05) is 13.0 Å².